The van der Waals surface area contributed by atoms with Gasteiger partial charge in [-0.2, -0.15) is 0 Å². The SMILES string of the molecule is Cc1cccc(N[C@@H](C)C(=O)Oc2c[nH]c3ccccc23)c1. The van der Waals surface area contributed by atoms with Crippen molar-refractivity contribution in [3.63, 3.8) is 0 Å². The van der Waals surface area contributed by atoms with Gasteiger partial charge in [-0.3, -0.25) is 0 Å². The van der Waals surface area contributed by atoms with E-state index in [1.54, 1.807) is 13.1 Å². The van der Waals surface area contributed by atoms with E-state index in [2.05, 4.69) is 10.3 Å². The fourth-order valence-electron chi connectivity index (χ4n) is 2.37. The van der Waals surface area contributed by atoms with Gasteiger partial charge < -0.3 is 15.0 Å². The van der Waals surface area contributed by atoms with Crippen LogP contribution in [-0.4, -0.2) is 17.0 Å². The number of aryl methyl sites for hydroxylation is 1. The highest BCUT2D eigenvalue weighted by molar-refractivity contribution is 5.90. The maximum atomic E-state index is 12.2. The lowest BCUT2D eigenvalue weighted by Crippen LogP contribution is -2.30. The molecule has 2 N–H and O–H groups in total. The summed E-state index contributed by atoms with van der Waals surface area (Å²) in [5, 5.41) is 4.06. The van der Waals surface area contributed by atoms with Gasteiger partial charge in [0.05, 0.1) is 0 Å². The van der Waals surface area contributed by atoms with Crippen LogP contribution in [0.1, 0.15) is 12.5 Å². The van der Waals surface area contributed by atoms with Gasteiger partial charge >= 0.3 is 5.97 Å². The number of fused-ring (bicyclic) bond motifs is 1. The van der Waals surface area contributed by atoms with E-state index in [1.165, 1.54) is 0 Å². The average molecular weight is 294 g/mol. The van der Waals surface area contributed by atoms with Crippen LogP contribution in [0.2, 0.25) is 0 Å². The highest BCUT2D eigenvalue weighted by Crippen LogP contribution is 2.25. The second-order valence-electron chi connectivity index (χ2n) is 5.36. The lowest BCUT2D eigenvalue weighted by atomic mass is 10.2. The number of rotatable bonds is 4. The summed E-state index contributed by atoms with van der Waals surface area (Å²) < 4.78 is 5.50. The van der Waals surface area contributed by atoms with Gasteiger partial charge in [-0.15, -0.1) is 0 Å². The van der Waals surface area contributed by atoms with E-state index in [0.29, 0.717) is 5.75 Å². The number of carbonyl (C=O) groups excluding carboxylic acids is 1. The molecule has 0 spiro atoms. The summed E-state index contributed by atoms with van der Waals surface area (Å²) in [6.07, 6.45) is 1.71. The molecule has 0 aliphatic carbocycles. The van der Waals surface area contributed by atoms with E-state index in [-0.39, 0.29) is 5.97 Å². The Morgan fingerprint density at radius 1 is 1.18 bits per heavy atom. The Kier molecular flexibility index (Phi) is 3.83. The quantitative estimate of drug-likeness (QED) is 0.718. The first-order chi connectivity index (χ1) is 10.6. The molecule has 1 aromatic heterocycles. The van der Waals surface area contributed by atoms with Crippen LogP contribution in [0.5, 0.6) is 5.75 Å². The van der Waals surface area contributed by atoms with E-state index in [4.69, 9.17) is 4.74 Å². The number of hydrogen-bond donors (Lipinski definition) is 2. The Bertz CT molecular complexity index is 807. The van der Waals surface area contributed by atoms with Crippen LogP contribution >= 0.6 is 0 Å². The summed E-state index contributed by atoms with van der Waals surface area (Å²) in [5.74, 6) is 0.241. The minimum atomic E-state index is -0.435. The van der Waals surface area contributed by atoms with Crippen molar-refractivity contribution in [2.24, 2.45) is 0 Å². The first kappa shape index (κ1) is 14.2. The van der Waals surface area contributed by atoms with Crippen molar-refractivity contribution >= 4 is 22.6 Å². The Hall–Kier alpha value is -2.75. The number of aromatic nitrogens is 1. The number of hydrogen-bond acceptors (Lipinski definition) is 3. The molecule has 1 atom stereocenters. The molecule has 3 rings (SSSR count). The third-order valence-corrected chi connectivity index (χ3v) is 3.52. The molecule has 0 aliphatic rings. The predicted octanol–water partition coefficient (Wildman–Crippen LogP) is 3.88. The normalized spacial score (nSPS) is 12.1. The highest BCUT2D eigenvalue weighted by Gasteiger charge is 2.17. The van der Waals surface area contributed by atoms with E-state index >= 15 is 0 Å². The molecule has 0 bridgehead atoms. The van der Waals surface area contributed by atoms with Crippen molar-refractivity contribution in [3.05, 3.63) is 60.3 Å². The van der Waals surface area contributed by atoms with Gasteiger partial charge in [0.15, 0.2) is 5.75 Å². The van der Waals surface area contributed by atoms with Gasteiger partial charge in [0, 0.05) is 22.8 Å². The van der Waals surface area contributed by atoms with Crippen LogP contribution in [0.3, 0.4) is 0 Å². The molecular formula is C18H18N2O2. The zero-order valence-electron chi connectivity index (χ0n) is 12.6. The number of ether oxygens (including phenoxy) is 1. The van der Waals surface area contributed by atoms with Crippen LogP contribution < -0.4 is 10.1 Å². The standard InChI is InChI=1S/C18H18N2O2/c1-12-6-5-7-14(10-12)20-13(2)18(21)22-17-11-19-16-9-4-3-8-15(16)17/h3-11,13,19-20H,1-2H3/t13-/m0/s1. The van der Waals surface area contributed by atoms with E-state index in [1.807, 2.05) is 55.5 Å². The minimum absolute atomic E-state index is 0.314. The maximum absolute atomic E-state index is 12.2. The van der Waals surface area contributed by atoms with Crippen molar-refractivity contribution in [1.29, 1.82) is 0 Å². The van der Waals surface area contributed by atoms with Crippen molar-refractivity contribution in [2.75, 3.05) is 5.32 Å². The number of benzene rings is 2. The van der Waals surface area contributed by atoms with Gasteiger partial charge in [0.25, 0.3) is 0 Å². The summed E-state index contributed by atoms with van der Waals surface area (Å²) in [6.45, 7) is 3.81. The molecule has 0 aliphatic heterocycles. The molecule has 0 radical (unpaired) electrons. The van der Waals surface area contributed by atoms with Crippen LogP contribution in [-0.2, 0) is 4.79 Å². The third kappa shape index (κ3) is 2.96. The molecule has 4 nitrogen and oxygen atoms in total. The zero-order chi connectivity index (χ0) is 15.5. The second-order valence-corrected chi connectivity index (χ2v) is 5.36. The van der Waals surface area contributed by atoms with Crippen molar-refractivity contribution in [1.82, 2.24) is 4.98 Å². The molecule has 0 fully saturated rings. The van der Waals surface area contributed by atoms with E-state index < -0.39 is 6.04 Å². The monoisotopic (exact) mass is 294 g/mol. The second kappa shape index (κ2) is 5.93. The maximum Gasteiger partial charge on any atom is 0.333 e. The Labute approximate surface area is 129 Å². The van der Waals surface area contributed by atoms with Gasteiger partial charge in [-0.05, 0) is 43.7 Å². The van der Waals surface area contributed by atoms with Crippen LogP contribution in [0, 0.1) is 6.92 Å². The van der Waals surface area contributed by atoms with Crippen molar-refractivity contribution in [2.45, 2.75) is 19.9 Å². The van der Waals surface area contributed by atoms with Gasteiger partial charge in [0.2, 0.25) is 0 Å². The summed E-state index contributed by atoms with van der Waals surface area (Å²) in [5.41, 5.74) is 3.00. The molecule has 0 saturated carbocycles. The molecule has 0 saturated heterocycles. The van der Waals surface area contributed by atoms with Gasteiger partial charge in [-0.25, -0.2) is 4.79 Å². The minimum Gasteiger partial charge on any atom is -0.423 e. The molecule has 2 aromatic carbocycles. The highest BCUT2D eigenvalue weighted by atomic mass is 16.5. The van der Waals surface area contributed by atoms with Crippen molar-refractivity contribution < 1.29 is 9.53 Å². The molecule has 112 valence electrons. The lowest BCUT2D eigenvalue weighted by molar-refractivity contribution is -0.134. The number of nitrogens with one attached hydrogen (secondary N) is 2. The molecule has 1 heterocycles. The number of esters is 1. The molecule has 22 heavy (non-hydrogen) atoms. The summed E-state index contributed by atoms with van der Waals surface area (Å²) in [4.78, 5) is 15.3. The summed E-state index contributed by atoms with van der Waals surface area (Å²) >= 11 is 0. The molecule has 0 unspecified atom stereocenters. The first-order valence-electron chi connectivity index (χ1n) is 7.24. The van der Waals surface area contributed by atoms with Crippen LogP contribution in [0.4, 0.5) is 5.69 Å². The largest absolute Gasteiger partial charge is 0.423 e. The fraction of sp³-hybridized carbons (Fsp3) is 0.167. The number of para-hydroxylation sites is 1. The van der Waals surface area contributed by atoms with E-state index in [9.17, 15) is 4.79 Å². The summed E-state index contributed by atoms with van der Waals surface area (Å²) in [7, 11) is 0. The van der Waals surface area contributed by atoms with E-state index in [0.717, 1.165) is 22.2 Å². The number of carbonyl (C=O) groups is 1. The van der Waals surface area contributed by atoms with Gasteiger partial charge in [0.1, 0.15) is 6.04 Å². The fourth-order valence-corrected chi connectivity index (χ4v) is 2.37. The Morgan fingerprint density at radius 3 is 2.82 bits per heavy atom. The molecule has 4 heteroatoms. The summed E-state index contributed by atoms with van der Waals surface area (Å²) in [6, 6.07) is 15.2. The Morgan fingerprint density at radius 2 is 2.00 bits per heavy atom. The average Bonchev–Trinajstić information content (AvgIpc) is 2.90. The predicted molar refractivity (Wildman–Crippen MR) is 88.2 cm³/mol. The van der Waals surface area contributed by atoms with Crippen LogP contribution in [0.25, 0.3) is 10.9 Å². The number of anilines is 1. The Balaban J connectivity index is 1.71. The van der Waals surface area contributed by atoms with Gasteiger partial charge in [-0.1, -0.05) is 24.3 Å². The molecular weight excluding hydrogens is 276 g/mol. The van der Waals surface area contributed by atoms with Crippen LogP contribution in [0.15, 0.2) is 54.7 Å². The first-order valence-corrected chi connectivity index (χ1v) is 7.24. The molecule has 3 aromatic rings. The molecule has 0 amide bonds. The number of H-pyrrole nitrogens is 1. The topological polar surface area (TPSA) is 54.1 Å². The number of aromatic amines is 1. The lowest BCUT2D eigenvalue weighted by Gasteiger charge is -2.14. The van der Waals surface area contributed by atoms with Crippen molar-refractivity contribution in [3.8, 4) is 5.75 Å². The third-order valence-electron chi connectivity index (χ3n) is 3.52. The zero-order valence-corrected chi connectivity index (χ0v) is 12.6. The smallest absolute Gasteiger partial charge is 0.333 e.